The van der Waals surface area contributed by atoms with Crippen molar-refractivity contribution >= 4 is 6.60 Å². The molecule has 0 aromatic rings. The van der Waals surface area contributed by atoms with Crippen molar-refractivity contribution in [3.63, 3.8) is 0 Å². The van der Waals surface area contributed by atoms with Crippen molar-refractivity contribution in [3.05, 3.63) is 12.4 Å². The van der Waals surface area contributed by atoms with Gasteiger partial charge in [-0.3, -0.25) is 0 Å². The van der Waals surface area contributed by atoms with Crippen LogP contribution >= 0.6 is 6.60 Å². The molecule has 11 heavy (non-hydrogen) atoms. The van der Waals surface area contributed by atoms with Crippen LogP contribution in [0.1, 0.15) is 25.7 Å². The van der Waals surface area contributed by atoms with E-state index < -0.39 is 6.60 Å². The zero-order valence-corrected chi connectivity index (χ0v) is 8.28. The predicted molar refractivity (Wildman–Crippen MR) is 55.1 cm³/mol. The van der Waals surface area contributed by atoms with E-state index in [1.807, 2.05) is 0 Å². The third-order valence-electron chi connectivity index (χ3n) is 4.06. The van der Waals surface area contributed by atoms with Gasteiger partial charge >= 0.3 is 69.3 Å². The molecule has 2 saturated heterocycles. The van der Waals surface area contributed by atoms with Gasteiger partial charge in [-0.25, -0.2) is 0 Å². The van der Waals surface area contributed by atoms with E-state index in [4.69, 9.17) is 0 Å². The van der Waals surface area contributed by atoms with Gasteiger partial charge in [0.25, 0.3) is 0 Å². The first-order chi connectivity index (χ1) is 5.29. The van der Waals surface area contributed by atoms with Crippen molar-refractivity contribution < 1.29 is 0 Å². The average Bonchev–Trinajstić information content (AvgIpc) is 2.64. The van der Waals surface area contributed by atoms with Crippen LogP contribution in [0.5, 0.6) is 0 Å². The summed E-state index contributed by atoms with van der Waals surface area (Å²) in [6.45, 7) is 2.93. The van der Waals surface area contributed by atoms with E-state index in [-0.39, 0.29) is 0 Å². The Hall–Kier alpha value is 0.170. The van der Waals surface area contributed by atoms with E-state index in [0.29, 0.717) is 0 Å². The van der Waals surface area contributed by atoms with E-state index >= 15 is 0 Å². The zero-order valence-electron chi connectivity index (χ0n) is 7.39. The summed E-state index contributed by atoms with van der Waals surface area (Å²) in [6.07, 6.45) is 12.3. The minimum atomic E-state index is -1.19. The van der Waals surface area contributed by atoms with Crippen LogP contribution in [0, 0.1) is 0 Å². The summed E-state index contributed by atoms with van der Waals surface area (Å²) in [7, 11) is 0. The number of hydrogen-bond acceptors (Lipinski definition) is 0. The van der Waals surface area contributed by atoms with Gasteiger partial charge < -0.3 is 0 Å². The summed E-state index contributed by atoms with van der Waals surface area (Å²) >= 11 is 0. The summed E-state index contributed by atoms with van der Waals surface area (Å²) < 4.78 is 0. The molecule has 0 radical (unpaired) electrons. The molecule has 0 saturated carbocycles. The molecule has 0 aromatic carbocycles. The summed E-state index contributed by atoms with van der Waals surface area (Å²) in [6, 6.07) is 0. The second-order valence-corrected chi connectivity index (χ2v) is 10.9. The molecule has 0 bridgehead atoms. The van der Waals surface area contributed by atoms with Crippen LogP contribution in [0.15, 0.2) is 12.4 Å². The Morgan fingerprint density at radius 1 is 0.818 bits per heavy atom. The molecule has 2 fully saturated rings. The first kappa shape index (κ1) is 7.80. The quantitative estimate of drug-likeness (QED) is 0.530. The molecule has 0 atom stereocenters. The van der Waals surface area contributed by atoms with Gasteiger partial charge in [-0.05, 0) is 0 Å². The maximum absolute atomic E-state index is 4.13. The summed E-state index contributed by atoms with van der Waals surface area (Å²) in [4.78, 5) is 0. The Bertz CT molecular complexity index is 148. The fraction of sp³-hybridized carbons (Fsp3) is 0.800. The van der Waals surface area contributed by atoms with Crippen LogP contribution in [0.2, 0.25) is 0 Å². The molecule has 0 unspecified atom stereocenters. The molecule has 1 heteroatoms. The van der Waals surface area contributed by atoms with Gasteiger partial charge in [0, 0.05) is 0 Å². The van der Waals surface area contributed by atoms with Crippen molar-refractivity contribution in [3.8, 4) is 0 Å². The first-order valence-electron chi connectivity index (χ1n) is 4.93. The van der Waals surface area contributed by atoms with Crippen molar-refractivity contribution in [1.29, 1.82) is 0 Å². The van der Waals surface area contributed by atoms with Crippen LogP contribution in [0.4, 0.5) is 0 Å². The van der Waals surface area contributed by atoms with E-state index in [1.165, 1.54) is 25.7 Å². The maximum atomic E-state index is 4.13. The molecule has 0 N–H and O–H groups in total. The van der Waals surface area contributed by atoms with Gasteiger partial charge in [-0.2, -0.15) is 0 Å². The molecule has 2 aliphatic rings. The Morgan fingerprint density at radius 2 is 1.18 bits per heavy atom. The van der Waals surface area contributed by atoms with E-state index in [1.54, 1.807) is 24.6 Å². The van der Waals surface area contributed by atoms with Gasteiger partial charge in [-0.1, -0.05) is 0 Å². The van der Waals surface area contributed by atoms with Crippen LogP contribution < -0.4 is 0 Å². The Balaban J connectivity index is 2.31. The monoisotopic (exact) mass is 170 g/mol. The molecule has 64 valence electrons. The third kappa shape index (κ3) is 0.991. The van der Waals surface area contributed by atoms with Crippen molar-refractivity contribution in [2.75, 3.05) is 24.6 Å². The number of hydrogen-bond donors (Lipinski definition) is 0. The van der Waals surface area contributed by atoms with Gasteiger partial charge in [0.2, 0.25) is 0 Å². The van der Waals surface area contributed by atoms with Crippen LogP contribution in [-0.4, -0.2) is 24.6 Å². The molecule has 2 rings (SSSR count). The van der Waals surface area contributed by atoms with Crippen LogP contribution in [-0.2, 0) is 0 Å². The molecule has 1 spiro atoms. The Morgan fingerprint density at radius 3 is 1.45 bits per heavy atom. The molecule has 0 amide bonds. The molecule has 2 aliphatic heterocycles. The molecular formula is C10H19P. The van der Waals surface area contributed by atoms with E-state index in [9.17, 15) is 0 Å². The first-order valence-corrected chi connectivity index (χ1v) is 7.98. The summed E-state index contributed by atoms with van der Waals surface area (Å²) in [5, 5.41) is 0. The number of rotatable bonds is 1. The van der Waals surface area contributed by atoms with Crippen molar-refractivity contribution in [2.45, 2.75) is 25.7 Å². The zero-order chi connectivity index (χ0) is 7.81. The van der Waals surface area contributed by atoms with Gasteiger partial charge in [0.1, 0.15) is 0 Å². The van der Waals surface area contributed by atoms with Gasteiger partial charge in [-0.15, -0.1) is 0 Å². The fourth-order valence-electron chi connectivity index (χ4n) is 3.19. The van der Waals surface area contributed by atoms with E-state index in [0.717, 1.165) is 0 Å². The average molecular weight is 170 g/mol. The topological polar surface area (TPSA) is 0 Å². The van der Waals surface area contributed by atoms with Gasteiger partial charge in [0.15, 0.2) is 0 Å². The van der Waals surface area contributed by atoms with Crippen LogP contribution in [0.3, 0.4) is 0 Å². The fourth-order valence-corrected chi connectivity index (χ4v) is 9.57. The third-order valence-corrected chi connectivity index (χ3v) is 11.2. The normalized spacial score (nSPS) is 36.5. The summed E-state index contributed by atoms with van der Waals surface area (Å²) in [5.41, 5.74) is 0. The predicted octanol–water partition coefficient (Wildman–Crippen LogP) is 3.27. The molecule has 0 aromatic heterocycles. The van der Waals surface area contributed by atoms with Crippen LogP contribution in [0.25, 0.3) is 0 Å². The molecular weight excluding hydrogens is 151 g/mol. The minimum absolute atomic E-state index is 1.19. The van der Waals surface area contributed by atoms with E-state index in [2.05, 4.69) is 12.4 Å². The Labute approximate surface area is 70.0 Å². The molecule has 2 heterocycles. The standard InChI is InChI=1S/C10H19P/c1-2-11(7-3-4-8-11)9-5-6-10-11/h2H,1,3-10H2. The second-order valence-electron chi connectivity index (χ2n) is 4.56. The SMILES string of the molecule is C=CP12(CCCC1)CCCC2. The molecule has 0 nitrogen and oxygen atoms in total. The van der Waals surface area contributed by atoms with Gasteiger partial charge in [0.05, 0.1) is 0 Å². The van der Waals surface area contributed by atoms with Crippen molar-refractivity contribution in [2.24, 2.45) is 0 Å². The second kappa shape index (κ2) is 2.33. The Kier molecular flexibility index (Phi) is 1.65. The van der Waals surface area contributed by atoms with Crippen molar-refractivity contribution in [1.82, 2.24) is 0 Å². The summed E-state index contributed by atoms with van der Waals surface area (Å²) in [5.74, 6) is 2.44. The molecule has 0 aliphatic carbocycles.